The van der Waals surface area contributed by atoms with Gasteiger partial charge < -0.3 is 0 Å². The SMILES string of the molecule is O=[N+]([O-])c1ccc(CSc2nnc(CCCCc3nnc(SCc4ccc([N+](=O)[O-])cc4)n3-c3ccccc3)n2-c2ccccc2)cc1. The van der Waals surface area contributed by atoms with E-state index in [0.717, 1.165) is 57.3 Å². The van der Waals surface area contributed by atoms with E-state index in [4.69, 9.17) is 0 Å². The third-order valence-electron chi connectivity index (χ3n) is 7.51. The molecular formula is C34H30N8O4S2. The Bertz CT molecular complexity index is 1840. The lowest BCUT2D eigenvalue weighted by Crippen LogP contribution is -2.05. The van der Waals surface area contributed by atoms with E-state index < -0.39 is 9.85 Å². The van der Waals surface area contributed by atoms with Gasteiger partial charge in [-0.25, -0.2) is 0 Å². The Morgan fingerprint density at radius 3 is 1.25 bits per heavy atom. The maximum absolute atomic E-state index is 11.0. The van der Waals surface area contributed by atoms with Gasteiger partial charge in [0, 0.05) is 60.0 Å². The molecule has 0 amide bonds. The minimum Gasteiger partial charge on any atom is -0.274 e. The number of aromatic nitrogens is 6. The van der Waals surface area contributed by atoms with Gasteiger partial charge in [-0.2, -0.15) is 0 Å². The Morgan fingerprint density at radius 1 is 0.521 bits per heavy atom. The van der Waals surface area contributed by atoms with Crippen LogP contribution in [0, 0.1) is 20.2 Å². The summed E-state index contributed by atoms with van der Waals surface area (Å²) in [5, 5.41) is 41.7. The summed E-state index contributed by atoms with van der Waals surface area (Å²) in [7, 11) is 0. The van der Waals surface area contributed by atoms with Crippen molar-refractivity contribution in [2.75, 3.05) is 0 Å². The van der Waals surface area contributed by atoms with Crippen LogP contribution in [0.5, 0.6) is 0 Å². The molecule has 2 aromatic heterocycles. The lowest BCUT2D eigenvalue weighted by molar-refractivity contribution is -0.385. The van der Waals surface area contributed by atoms with E-state index >= 15 is 0 Å². The van der Waals surface area contributed by atoms with Crippen LogP contribution >= 0.6 is 23.5 Å². The lowest BCUT2D eigenvalue weighted by atomic mass is 10.1. The summed E-state index contributed by atoms with van der Waals surface area (Å²) in [6.45, 7) is 0. The maximum Gasteiger partial charge on any atom is 0.269 e. The van der Waals surface area contributed by atoms with Crippen LogP contribution in [0.3, 0.4) is 0 Å². The molecule has 0 radical (unpaired) electrons. The Kier molecular flexibility index (Phi) is 10.5. The first-order valence-electron chi connectivity index (χ1n) is 15.2. The number of non-ortho nitro benzene ring substituents is 2. The van der Waals surface area contributed by atoms with Crippen LogP contribution in [0.25, 0.3) is 11.4 Å². The highest BCUT2D eigenvalue weighted by Gasteiger charge is 2.17. The molecule has 0 aliphatic heterocycles. The van der Waals surface area contributed by atoms with Gasteiger partial charge in [-0.3, -0.25) is 29.4 Å². The van der Waals surface area contributed by atoms with E-state index in [1.54, 1.807) is 24.3 Å². The molecule has 6 rings (SSSR count). The molecule has 0 unspecified atom stereocenters. The molecule has 2 heterocycles. The first-order chi connectivity index (χ1) is 23.5. The Hall–Kier alpha value is -5.34. The normalized spacial score (nSPS) is 11.1. The van der Waals surface area contributed by atoms with Crippen LogP contribution in [0.15, 0.2) is 120 Å². The van der Waals surface area contributed by atoms with E-state index in [-0.39, 0.29) is 11.4 Å². The smallest absolute Gasteiger partial charge is 0.269 e. The van der Waals surface area contributed by atoms with E-state index in [0.29, 0.717) is 24.3 Å². The highest BCUT2D eigenvalue weighted by atomic mass is 32.2. The number of thioether (sulfide) groups is 2. The van der Waals surface area contributed by atoms with Crippen LogP contribution < -0.4 is 0 Å². The molecule has 0 aliphatic rings. The first kappa shape index (κ1) is 32.6. The summed E-state index contributed by atoms with van der Waals surface area (Å²) in [6.07, 6.45) is 3.12. The molecule has 0 saturated heterocycles. The number of aryl methyl sites for hydroxylation is 2. The molecule has 0 saturated carbocycles. The second-order valence-electron chi connectivity index (χ2n) is 10.8. The molecular weight excluding hydrogens is 649 g/mol. The summed E-state index contributed by atoms with van der Waals surface area (Å²) in [5.41, 5.74) is 4.00. The number of hydrogen-bond acceptors (Lipinski definition) is 10. The van der Waals surface area contributed by atoms with Gasteiger partial charge in [-0.15, -0.1) is 20.4 Å². The van der Waals surface area contributed by atoms with Crippen molar-refractivity contribution in [2.24, 2.45) is 0 Å². The molecule has 48 heavy (non-hydrogen) atoms. The zero-order chi connectivity index (χ0) is 33.3. The average Bonchev–Trinajstić information content (AvgIpc) is 3.73. The molecule has 0 N–H and O–H groups in total. The van der Waals surface area contributed by atoms with Gasteiger partial charge in [0.25, 0.3) is 11.4 Å². The average molecular weight is 679 g/mol. The third-order valence-corrected chi connectivity index (χ3v) is 9.51. The Balaban J connectivity index is 1.13. The quantitative estimate of drug-likeness (QED) is 0.0456. The maximum atomic E-state index is 11.0. The van der Waals surface area contributed by atoms with Gasteiger partial charge in [0.1, 0.15) is 11.6 Å². The summed E-state index contributed by atoms with van der Waals surface area (Å²) in [5.74, 6) is 2.92. The van der Waals surface area contributed by atoms with Crippen molar-refractivity contribution in [3.63, 3.8) is 0 Å². The number of hydrogen-bond donors (Lipinski definition) is 0. The molecule has 0 atom stereocenters. The Labute approximate surface area is 284 Å². The van der Waals surface area contributed by atoms with Crippen LogP contribution in [-0.4, -0.2) is 39.4 Å². The standard InChI is InChI=1S/C34H30N8O4S2/c43-41(44)29-19-15-25(16-20-29)23-47-33-37-35-31(39(33)27-9-3-1-4-10-27)13-7-8-14-32-36-38-34(40(32)28-11-5-2-6-12-28)48-24-26-17-21-30(22-18-26)42(45)46/h1-6,9-12,15-22H,7-8,13-14,23-24H2. The summed E-state index contributed by atoms with van der Waals surface area (Å²) in [6, 6.07) is 33.1. The fourth-order valence-corrected chi connectivity index (χ4v) is 6.93. The molecule has 0 aliphatic carbocycles. The molecule has 6 aromatic rings. The predicted molar refractivity (Wildman–Crippen MR) is 185 cm³/mol. The van der Waals surface area contributed by atoms with E-state index in [1.807, 2.05) is 60.7 Å². The van der Waals surface area contributed by atoms with Gasteiger partial charge in [-0.1, -0.05) is 84.2 Å². The van der Waals surface area contributed by atoms with Crippen LogP contribution in [0.4, 0.5) is 11.4 Å². The largest absolute Gasteiger partial charge is 0.274 e. The highest BCUT2D eigenvalue weighted by molar-refractivity contribution is 7.98. The van der Waals surface area contributed by atoms with E-state index in [9.17, 15) is 20.2 Å². The van der Waals surface area contributed by atoms with Crippen molar-refractivity contribution in [3.05, 3.63) is 152 Å². The summed E-state index contributed by atoms with van der Waals surface area (Å²) in [4.78, 5) is 21.2. The van der Waals surface area contributed by atoms with E-state index in [1.165, 1.54) is 47.8 Å². The van der Waals surface area contributed by atoms with Crippen molar-refractivity contribution >= 4 is 34.9 Å². The third kappa shape index (κ3) is 7.96. The van der Waals surface area contributed by atoms with Crippen LogP contribution in [0.1, 0.15) is 35.6 Å². The summed E-state index contributed by atoms with van der Waals surface area (Å²) >= 11 is 3.08. The molecule has 0 bridgehead atoms. The number of nitro groups is 2. The first-order valence-corrected chi connectivity index (χ1v) is 17.1. The molecule has 0 fully saturated rings. The van der Waals surface area contributed by atoms with Crippen molar-refractivity contribution in [2.45, 2.75) is 47.5 Å². The van der Waals surface area contributed by atoms with Crippen molar-refractivity contribution in [1.82, 2.24) is 29.5 Å². The number of nitrogens with zero attached hydrogens (tertiary/aromatic N) is 8. The number of para-hydroxylation sites is 2. The van der Waals surface area contributed by atoms with Gasteiger partial charge >= 0.3 is 0 Å². The van der Waals surface area contributed by atoms with Gasteiger partial charge in [0.15, 0.2) is 10.3 Å². The van der Waals surface area contributed by atoms with Gasteiger partial charge in [0.05, 0.1) is 9.85 Å². The predicted octanol–water partition coefficient (Wildman–Crippen LogP) is 7.81. The molecule has 4 aromatic carbocycles. The minimum absolute atomic E-state index is 0.0673. The monoisotopic (exact) mass is 678 g/mol. The van der Waals surface area contributed by atoms with Crippen molar-refractivity contribution in [3.8, 4) is 11.4 Å². The number of benzene rings is 4. The van der Waals surface area contributed by atoms with Gasteiger partial charge in [0.2, 0.25) is 0 Å². The zero-order valence-electron chi connectivity index (χ0n) is 25.7. The molecule has 0 spiro atoms. The lowest BCUT2D eigenvalue weighted by Gasteiger charge is -2.11. The van der Waals surface area contributed by atoms with Crippen molar-refractivity contribution < 1.29 is 9.85 Å². The molecule has 242 valence electrons. The molecule has 12 nitrogen and oxygen atoms in total. The Morgan fingerprint density at radius 2 is 0.896 bits per heavy atom. The number of unbranched alkanes of at least 4 members (excludes halogenated alkanes) is 1. The summed E-state index contributed by atoms with van der Waals surface area (Å²) < 4.78 is 4.16. The fourth-order valence-electron chi connectivity index (χ4n) is 5.07. The van der Waals surface area contributed by atoms with E-state index in [2.05, 4.69) is 29.5 Å². The number of rotatable bonds is 15. The van der Waals surface area contributed by atoms with Crippen molar-refractivity contribution in [1.29, 1.82) is 0 Å². The fraction of sp³-hybridized carbons (Fsp3) is 0.176. The van der Waals surface area contributed by atoms with Gasteiger partial charge in [-0.05, 0) is 48.2 Å². The molecule has 14 heteroatoms. The zero-order valence-corrected chi connectivity index (χ0v) is 27.3. The topological polar surface area (TPSA) is 148 Å². The second-order valence-corrected chi connectivity index (χ2v) is 12.7. The highest BCUT2D eigenvalue weighted by Crippen LogP contribution is 2.29. The van der Waals surface area contributed by atoms with Crippen LogP contribution in [0.2, 0.25) is 0 Å². The number of nitro benzene ring substituents is 2. The van der Waals surface area contributed by atoms with Crippen LogP contribution in [-0.2, 0) is 24.3 Å². The minimum atomic E-state index is -0.400. The second kappa shape index (κ2) is 15.5.